The Morgan fingerprint density at radius 3 is 2.56 bits per heavy atom. The lowest BCUT2D eigenvalue weighted by Gasteiger charge is -2.08. The Bertz CT molecular complexity index is 474. The summed E-state index contributed by atoms with van der Waals surface area (Å²) >= 11 is 0. The van der Waals surface area contributed by atoms with Crippen LogP contribution < -0.4 is 4.74 Å². The van der Waals surface area contributed by atoms with E-state index < -0.39 is 5.97 Å². The fraction of sp³-hybridized carbons (Fsp3) is 0.182. The van der Waals surface area contributed by atoms with Crippen LogP contribution in [0.25, 0.3) is 0 Å². The zero-order chi connectivity index (χ0) is 12.1. The molecule has 0 spiro atoms. The van der Waals surface area contributed by atoms with E-state index in [4.69, 9.17) is 10.00 Å². The molecule has 16 heavy (non-hydrogen) atoms. The number of nitrogens with zero attached hydrogens (tertiary/aromatic N) is 1. The molecule has 0 heterocycles. The summed E-state index contributed by atoms with van der Waals surface area (Å²) in [6.07, 6.45) is 0.548. The van der Waals surface area contributed by atoms with Crippen LogP contribution in [-0.2, 0) is 4.74 Å². The molecule has 0 bridgehead atoms. The summed E-state index contributed by atoms with van der Waals surface area (Å²) in [5.74, 6) is -0.544. The highest BCUT2D eigenvalue weighted by atomic mass is 16.5. The molecule has 82 valence electrons. The highest BCUT2D eigenvalue weighted by Crippen LogP contribution is 2.25. The van der Waals surface area contributed by atoms with Crippen LogP contribution in [-0.4, -0.2) is 26.5 Å². The largest absolute Gasteiger partial charge is 0.494 e. The molecule has 0 aliphatic rings. The van der Waals surface area contributed by atoms with Crippen LogP contribution in [0.2, 0.25) is 0 Å². The van der Waals surface area contributed by atoms with Gasteiger partial charge in [-0.2, -0.15) is 5.26 Å². The monoisotopic (exact) mass is 219 g/mol. The molecule has 1 aromatic rings. The van der Waals surface area contributed by atoms with Crippen LogP contribution in [0.3, 0.4) is 0 Å². The minimum Gasteiger partial charge on any atom is -0.494 e. The van der Waals surface area contributed by atoms with Gasteiger partial charge in [0.1, 0.15) is 17.9 Å². The normalized spacial score (nSPS) is 9.06. The number of carbonyl (C=O) groups excluding carboxylic acids is 2. The van der Waals surface area contributed by atoms with Crippen molar-refractivity contribution in [2.75, 3.05) is 14.2 Å². The number of hydrogen-bond donors (Lipinski definition) is 0. The van der Waals surface area contributed by atoms with E-state index in [1.807, 2.05) is 6.07 Å². The minimum atomic E-state index is -0.656. The van der Waals surface area contributed by atoms with Gasteiger partial charge in [0.25, 0.3) is 0 Å². The Balaban J connectivity index is 3.50. The van der Waals surface area contributed by atoms with Gasteiger partial charge in [-0.25, -0.2) is 4.79 Å². The SMILES string of the molecule is COC(=O)c1cc(C=O)cc(C#N)c1OC. The predicted octanol–water partition coefficient (Wildman–Crippen LogP) is 1.17. The van der Waals surface area contributed by atoms with E-state index >= 15 is 0 Å². The number of nitriles is 1. The van der Waals surface area contributed by atoms with Crippen LogP contribution in [0.15, 0.2) is 12.1 Å². The van der Waals surface area contributed by atoms with Crippen molar-refractivity contribution >= 4 is 12.3 Å². The summed E-state index contributed by atoms with van der Waals surface area (Å²) in [5.41, 5.74) is 0.399. The number of esters is 1. The molecular weight excluding hydrogens is 210 g/mol. The molecule has 0 aliphatic carbocycles. The fourth-order valence-corrected chi connectivity index (χ4v) is 1.28. The second-order valence-corrected chi connectivity index (χ2v) is 2.87. The van der Waals surface area contributed by atoms with Gasteiger partial charge in [-0.3, -0.25) is 4.79 Å². The lowest BCUT2D eigenvalue weighted by Crippen LogP contribution is -2.06. The lowest BCUT2D eigenvalue weighted by molar-refractivity contribution is 0.0597. The van der Waals surface area contributed by atoms with Gasteiger partial charge in [-0.15, -0.1) is 0 Å². The molecule has 0 aliphatic heterocycles. The summed E-state index contributed by atoms with van der Waals surface area (Å²) in [5, 5.41) is 8.85. The predicted molar refractivity (Wildman–Crippen MR) is 54.4 cm³/mol. The number of carbonyl (C=O) groups is 2. The van der Waals surface area contributed by atoms with Crippen molar-refractivity contribution in [1.82, 2.24) is 0 Å². The molecule has 1 rings (SSSR count). The average Bonchev–Trinajstić information content (AvgIpc) is 2.35. The van der Waals surface area contributed by atoms with Crippen LogP contribution in [0.1, 0.15) is 26.3 Å². The van der Waals surface area contributed by atoms with Crippen LogP contribution in [0.4, 0.5) is 0 Å². The third-order valence-electron chi connectivity index (χ3n) is 1.98. The number of ether oxygens (including phenoxy) is 2. The van der Waals surface area contributed by atoms with Crippen LogP contribution >= 0.6 is 0 Å². The maximum Gasteiger partial charge on any atom is 0.341 e. The molecule has 0 aromatic heterocycles. The molecule has 0 atom stereocenters. The molecule has 0 saturated carbocycles. The summed E-state index contributed by atoms with van der Waals surface area (Å²) in [6, 6.07) is 4.51. The first-order valence-corrected chi connectivity index (χ1v) is 4.33. The van der Waals surface area contributed by atoms with E-state index in [1.165, 1.54) is 26.4 Å². The summed E-state index contributed by atoms with van der Waals surface area (Å²) in [7, 11) is 2.55. The van der Waals surface area contributed by atoms with E-state index in [2.05, 4.69) is 4.74 Å². The molecule has 1 aromatic carbocycles. The van der Waals surface area contributed by atoms with Gasteiger partial charge in [-0.1, -0.05) is 0 Å². The number of rotatable bonds is 3. The molecule has 0 amide bonds. The first-order chi connectivity index (χ1) is 7.67. The van der Waals surface area contributed by atoms with E-state index in [0.717, 1.165) is 0 Å². The van der Waals surface area contributed by atoms with E-state index in [0.29, 0.717) is 6.29 Å². The molecule has 0 saturated heterocycles. The minimum absolute atomic E-state index is 0.0613. The Hall–Kier alpha value is -2.35. The Morgan fingerprint density at radius 2 is 2.12 bits per heavy atom. The zero-order valence-corrected chi connectivity index (χ0v) is 8.81. The first-order valence-electron chi connectivity index (χ1n) is 4.33. The van der Waals surface area contributed by atoms with E-state index in [1.54, 1.807) is 0 Å². The molecule has 0 unspecified atom stereocenters. The summed E-state index contributed by atoms with van der Waals surface area (Å²) in [6.45, 7) is 0. The molecule has 0 fully saturated rings. The van der Waals surface area contributed by atoms with Gasteiger partial charge in [0, 0.05) is 5.56 Å². The number of hydrogen-bond acceptors (Lipinski definition) is 5. The molecule has 0 N–H and O–H groups in total. The van der Waals surface area contributed by atoms with Crippen LogP contribution in [0, 0.1) is 11.3 Å². The van der Waals surface area contributed by atoms with Gasteiger partial charge in [0.2, 0.25) is 0 Å². The maximum atomic E-state index is 11.4. The molecular formula is C11H9NO4. The van der Waals surface area contributed by atoms with E-state index in [9.17, 15) is 9.59 Å². The topological polar surface area (TPSA) is 76.4 Å². The van der Waals surface area contributed by atoms with Crippen molar-refractivity contribution in [3.8, 4) is 11.8 Å². The van der Waals surface area contributed by atoms with E-state index in [-0.39, 0.29) is 22.4 Å². The maximum absolute atomic E-state index is 11.4. The van der Waals surface area contributed by atoms with Crippen molar-refractivity contribution in [1.29, 1.82) is 5.26 Å². The Labute approximate surface area is 92.2 Å². The second-order valence-electron chi connectivity index (χ2n) is 2.87. The van der Waals surface area contributed by atoms with Gasteiger partial charge < -0.3 is 9.47 Å². The highest BCUT2D eigenvalue weighted by molar-refractivity contribution is 5.95. The molecule has 0 radical (unpaired) electrons. The van der Waals surface area contributed by atoms with Gasteiger partial charge in [0.15, 0.2) is 5.75 Å². The average molecular weight is 219 g/mol. The fourth-order valence-electron chi connectivity index (χ4n) is 1.28. The highest BCUT2D eigenvalue weighted by Gasteiger charge is 2.18. The summed E-state index contributed by atoms with van der Waals surface area (Å²) < 4.78 is 9.48. The van der Waals surface area contributed by atoms with Gasteiger partial charge >= 0.3 is 5.97 Å². The standard InChI is InChI=1S/C11H9NO4/c1-15-10-8(5-12)3-7(6-13)4-9(10)11(14)16-2/h3-4,6H,1-2H3. The first kappa shape index (κ1) is 11.7. The van der Waals surface area contributed by atoms with Crippen LogP contribution in [0.5, 0.6) is 5.75 Å². The molecule has 5 nitrogen and oxygen atoms in total. The second kappa shape index (κ2) is 4.94. The quantitative estimate of drug-likeness (QED) is 0.563. The number of methoxy groups -OCH3 is 2. The van der Waals surface area contributed by atoms with Crippen molar-refractivity contribution in [2.45, 2.75) is 0 Å². The summed E-state index contributed by atoms with van der Waals surface area (Å²) in [4.78, 5) is 22.0. The number of aldehydes is 1. The Morgan fingerprint density at radius 1 is 1.44 bits per heavy atom. The van der Waals surface area contributed by atoms with Gasteiger partial charge in [0.05, 0.1) is 19.8 Å². The van der Waals surface area contributed by atoms with Crippen molar-refractivity contribution in [2.24, 2.45) is 0 Å². The smallest absolute Gasteiger partial charge is 0.341 e. The molecule has 5 heteroatoms. The lowest BCUT2D eigenvalue weighted by atomic mass is 10.1. The van der Waals surface area contributed by atoms with Crippen molar-refractivity contribution < 1.29 is 19.1 Å². The zero-order valence-electron chi connectivity index (χ0n) is 8.81. The van der Waals surface area contributed by atoms with Gasteiger partial charge in [-0.05, 0) is 12.1 Å². The third kappa shape index (κ3) is 2.01. The Kier molecular flexibility index (Phi) is 3.62. The third-order valence-corrected chi connectivity index (χ3v) is 1.98. The van der Waals surface area contributed by atoms with Crippen molar-refractivity contribution in [3.05, 3.63) is 28.8 Å². The number of benzene rings is 1. The van der Waals surface area contributed by atoms with Crippen molar-refractivity contribution in [3.63, 3.8) is 0 Å².